The van der Waals surface area contributed by atoms with Gasteiger partial charge in [0.1, 0.15) is 0 Å². The lowest BCUT2D eigenvalue weighted by atomic mass is 10.0. The predicted octanol–water partition coefficient (Wildman–Crippen LogP) is 3.60. The standard InChI is InChI=1S/C23H28N4O2/c1-15-13-19(16(2)26(15)17-7-8-17)22(28)14-25-11-9-18(10-12-25)27-21-6-4-3-5-20(21)24-23(27)29/h3-6,13,17-18H,7-12,14H2,1-2H3,(H,24,29). The molecule has 6 nitrogen and oxygen atoms in total. The largest absolute Gasteiger partial charge is 0.345 e. The van der Waals surface area contributed by atoms with Crippen LogP contribution in [0.2, 0.25) is 0 Å². The van der Waals surface area contributed by atoms with Crippen molar-refractivity contribution in [3.8, 4) is 0 Å². The summed E-state index contributed by atoms with van der Waals surface area (Å²) in [7, 11) is 0. The van der Waals surface area contributed by atoms with Gasteiger partial charge in [-0.05, 0) is 57.7 Å². The molecule has 1 aliphatic carbocycles. The molecule has 0 atom stereocenters. The van der Waals surface area contributed by atoms with Crippen molar-refractivity contribution >= 4 is 16.8 Å². The lowest BCUT2D eigenvalue weighted by Gasteiger charge is -2.32. The normalized spacial score (nSPS) is 18.6. The van der Waals surface area contributed by atoms with Gasteiger partial charge in [0.15, 0.2) is 5.78 Å². The van der Waals surface area contributed by atoms with E-state index in [0.717, 1.165) is 48.2 Å². The SMILES string of the molecule is Cc1cc(C(=O)CN2CCC(n3c(=O)[nH]c4ccccc43)CC2)c(C)n1C1CC1. The molecule has 0 amide bonds. The number of para-hydroxylation sites is 2. The number of ketones is 1. The van der Waals surface area contributed by atoms with Crippen LogP contribution in [0.15, 0.2) is 35.1 Å². The van der Waals surface area contributed by atoms with Crippen molar-refractivity contribution in [2.45, 2.75) is 51.6 Å². The van der Waals surface area contributed by atoms with Crippen molar-refractivity contribution in [2.75, 3.05) is 19.6 Å². The molecule has 0 bridgehead atoms. The Morgan fingerprint density at radius 2 is 1.72 bits per heavy atom. The van der Waals surface area contributed by atoms with Crippen LogP contribution in [0, 0.1) is 13.8 Å². The Kier molecular flexibility index (Phi) is 4.46. The number of hydrogen-bond donors (Lipinski definition) is 1. The number of fused-ring (bicyclic) bond motifs is 1. The number of aromatic nitrogens is 3. The number of H-pyrrole nitrogens is 1. The molecule has 5 rings (SSSR count). The van der Waals surface area contributed by atoms with Gasteiger partial charge in [-0.3, -0.25) is 14.3 Å². The zero-order valence-corrected chi connectivity index (χ0v) is 17.1. The molecular weight excluding hydrogens is 364 g/mol. The molecule has 1 aromatic carbocycles. The van der Waals surface area contributed by atoms with Crippen molar-refractivity contribution in [3.05, 3.63) is 57.8 Å². The molecular formula is C23H28N4O2. The van der Waals surface area contributed by atoms with E-state index < -0.39 is 0 Å². The summed E-state index contributed by atoms with van der Waals surface area (Å²) < 4.78 is 4.24. The van der Waals surface area contributed by atoms with Gasteiger partial charge in [-0.15, -0.1) is 0 Å². The number of piperidine rings is 1. The van der Waals surface area contributed by atoms with Crippen LogP contribution in [0.1, 0.15) is 59.5 Å². The van der Waals surface area contributed by atoms with E-state index in [9.17, 15) is 9.59 Å². The van der Waals surface area contributed by atoms with Crippen molar-refractivity contribution in [2.24, 2.45) is 0 Å². The summed E-state index contributed by atoms with van der Waals surface area (Å²) in [5.74, 6) is 0.215. The Bertz CT molecular complexity index is 1120. The van der Waals surface area contributed by atoms with E-state index in [4.69, 9.17) is 0 Å². The minimum Gasteiger partial charge on any atom is -0.345 e. The minimum absolute atomic E-state index is 0.0340. The molecule has 2 aliphatic rings. The van der Waals surface area contributed by atoms with Crippen LogP contribution in [-0.4, -0.2) is 44.4 Å². The average molecular weight is 393 g/mol. The molecule has 0 unspecified atom stereocenters. The number of carbonyl (C=O) groups is 1. The maximum Gasteiger partial charge on any atom is 0.326 e. The lowest BCUT2D eigenvalue weighted by Crippen LogP contribution is -2.39. The second-order valence-corrected chi connectivity index (χ2v) is 8.63. The number of benzene rings is 1. The molecule has 1 saturated carbocycles. The molecule has 0 radical (unpaired) electrons. The molecule has 3 aromatic rings. The average Bonchev–Trinajstić information content (AvgIpc) is 3.41. The molecule has 1 N–H and O–H groups in total. The van der Waals surface area contributed by atoms with Gasteiger partial charge in [0, 0.05) is 42.1 Å². The number of Topliss-reactive ketones (excluding diaryl/α,β-unsaturated/α-hetero) is 1. The highest BCUT2D eigenvalue weighted by Gasteiger charge is 2.29. The first-order chi connectivity index (χ1) is 14.0. The first-order valence-corrected chi connectivity index (χ1v) is 10.7. The van der Waals surface area contributed by atoms with E-state index in [1.54, 1.807) is 0 Å². The number of nitrogens with zero attached hydrogens (tertiary/aromatic N) is 3. The number of carbonyl (C=O) groups excluding carboxylic acids is 1. The molecule has 2 fully saturated rings. The zero-order chi connectivity index (χ0) is 20.1. The maximum atomic E-state index is 13.0. The Morgan fingerprint density at radius 1 is 1.03 bits per heavy atom. The summed E-state index contributed by atoms with van der Waals surface area (Å²) in [6, 6.07) is 10.7. The summed E-state index contributed by atoms with van der Waals surface area (Å²) in [5.41, 5.74) is 5.03. The summed E-state index contributed by atoms with van der Waals surface area (Å²) >= 11 is 0. The third-order valence-electron chi connectivity index (χ3n) is 6.61. The van der Waals surface area contributed by atoms with E-state index in [-0.39, 0.29) is 17.5 Å². The minimum atomic E-state index is -0.0340. The first kappa shape index (κ1) is 18.4. The molecule has 1 aliphatic heterocycles. The fraction of sp³-hybridized carbons (Fsp3) is 0.478. The van der Waals surface area contributed by atoms with Crippen LogP contribution in [0.5, 0.6) is 0 Å². The second kappa shape index (κ2) is 7.02. The second-order valence-electron chi connectivity index (χ2n) is 8.63. The molecule has 3 heterocycles. The van der Waals surface area contributed by atoms with Crippen LogP contribution in [0.4, 0.5) is 0 Å². The van der Waals surface area contributed by atoms with Gasteiger partial charge < -0.3 is 9.55 Å². The molecule has 0 spiro atoms. The number of rotatable bonds is 5. The van der Waals surface area contributed by atoms with E-state index in [0.29, 0.717) is 12.6 Å². The number of imidazole rings is 1. The van der Waals surface area contributed by atoms with Crippen molar-refractivity contribution in [3.63, 3.8) is 0 Å². The fourth-order valence-corrected chi connectivity index (χ4v) is 5.01. The predicted molar refractivity (Wildman–Crippen MR) is 114 cm³/mol. The van der Waals surface area contributed by atoms with E-state index in [1.165, 1.54) is 18.5 Å². The van der Waals surface area contributed by atoms with Gasteiger partial charge in [0.2, 0.25) is 0 Å². The van der Waals surface area contributed by atoms with Gasteiger partial charge >= 0.3 is 5.69 Å². The molecule has 6 heteroatoms. The highest BCUT2D eigenvalue weighted by atomic mass is 16.1. The number of hydrogen-bond acceptors (Lipinski definition) is 3. The fourth-order valence-electron chi connectivity index (χ4n) is 5.01. The van der Waals surface area contributed by atoms with Crippen LogP contribution < -0.4 is 5.69 Å². The zero-order valence-electron chi connectivity index (χ0n) is 17.1. The number of likely N-dealkylation sites (tertiary alicyclic amines) is 1. The first-order valence-electron chi connectivity index (χ1n) is 10.7. The van der Waals surface area contributed by atoms with Crippen LogP contribution >= 0.6 is 0 Å². The lowest BCUT2D eigenvalue weighted by molar-refractivity contribution is 0.0897. The topological polar surface area (TPSA) is 63.0 Å². The molecule has 152 valence electrons. The van der Waals surface area contributed by atoms with Gasteiger partial charge in [0.25, 0.3) is 0 Å². The van der Waals surface area contributed by atoms with Crippen molar-refractivity contribution < 1.29 is 4.79 Å². The van der Waals surface area contributed by atoms with Gasteiger partial charge in [-0.2, -0.15) is 0 Å². The summed E-state index contributed by atoms with van der Waals surface area (Å²) in [5, 5.41) is 0. The van der Waals surface area contributed by atoms with Gasteiger partial charge in [-0.25, -0.2) is 4.79 Å². The molecule has 1 saturated heterocycles. The van der Waals surface area contributed by atoms with Gasteiger partial charge in [-0.1, -0.05) is 12.1 Å². The number of nitrogens with one attached hydrogen (secondary N) is 1. The summed E-state index contributed by atoms with van der Waals surface area (Å²) in [6.07, 6.45) is 4.22. The quantitative estimate of drug-likeness (QED) is 0.675. The van der Waals surface area contributed by atoms with E-state index >= 15 is 0 Å². The Balaban J connectivity index is 1.27. The summed E-state index contributed by atoms with van der Waals surface area (Å²) in [6.45, 7) is 6.32. The molecule has 29 heavy (non-hydrogen) atoms. The van der Waals surface area contributed by atoms with Crippen molar-refractivity contribution in [1.29, 1.82) is 0 Å². The smallest absolute Gasteiger partial charge is 0.326 e. The van der Waals surface area contributed by atoms with E-state index in [1.807, 2.05) is 28.8 Å². The highest BCUT2D eigenvalue weighted by Crippen LogP contribution is 2.38. The Labute approximate surface area is 170 Å². The maximum absolute atomic E-state index is 13.0. The molecule has 2 aromatic heterocycles. The Hall–Kier alpha value is -2.60. The van der Waals surface area contributed by atoms with Gasteiger partial charge in [0.05, 0.1) is 17.6 Å². The van der Waals surface area contributed by atoms with Crippen LogP contribution in [0.3, 0.4) is 0 Å². The number of aromatic amines is 1. The number of aryl methyl sites for hydroxylation is 1. The highest BCUT2D eigenvalue weighted by molar-refractivity contribution is 5.99. The van der Waals surface area contributed by atoms with Crippen LogP contribution in [0.25, 0.3) is 11.0 Å². The summed E-state index contributed by atoms with van der Waals surface area (Å²) in [4.78, 5) is 30.6. The van der Waals surface area contributed by atoms with Crippen LogP contribution in [-0.2, 0) is 0 Å². The van der Waals surface area contributed by atoms with Crippen molar-refractivity contribution in [1.82, 2.24) is 19.0 Å². The third-order valence-corrected chi connectivity index (χ3v) is 6.61. The Morgan fingerprint density at radius 3 is 2.45 bits per heavy atom. The third kappa shape index (κ3) is 3.25. The van der Waals surface area contributed by atoms with E-state index in [2.05, 4.69) is 34.4 Å². The monoisotopic (exact) mass is 392 g/mol.